The molecular weight excluding hydrogens is 731 g/mol. The van der Waals surface area contributed by atoms with Crippen molar-refractivity contribution in [2.75, 3.05) is 13.2 Å². The predicted octanol–water partition coefficient (Wildman–Crippen LogP) is 15.3. The molecule has 59 heavy (non-hydrogen) atoms. The van der Waals surface area contributed by atoms with Crippen LogP contribution in [0.1, 0.15) is 264 Å². The van der Waals surface area contributed by atoms with Crippen LogP contribution in [0.25, 0.3) is 0 Å². The van der Waals surface area contributed by atoms with Gasteiger partial charge < -0.3 is 20.3 Å². The molecule has 0 rings (SSSR count). The summed E-state index contributed by atoms with van der Waals surface area (Å²) in [5.74, 6) is -0.0572. The monoisotopic (exact) mass is 830 g/mol. The highest BCUT2D eigenvalue weighted by Crippen LogP contribution is 2.15. The van der Waals surface area contributed by atoms with Gasteiger partial charge in [-0.15, -0.1) is 0 Å². The molecule has 0 fully saturated rings. The number of amides is 1. The standard InChI is InChI=1S/C53H99NO5/c1-3-5-7-9-11-13-14-23-27-31-35-39-43-47-53(58)59-48-44-40-36-32-28-25-22-20-18-16-15-17-19-21-24-26-30-34-38-42-46-52(57)54-50(49-55)51(56)45-41-37-33-29-12-10-8-6-4-2/h7,9,13-15,17,50-51,55-56H,3-6,8,10-12,16,18-49H2,1-2H3,(H,54,57)/b9-7-,14-13-,17-15-. The van der Waals surface area contributed by atoms with E-state index in [1.165, 1.54) is 180 Å². The second-order valence-corrected chi connectivity index (χ2v) is 17.5. The van der Waals surface area contributed by atoms with Crippen LogP contribution >= 0.6 is 0 Å². The first-order valence-corrected chi connectivity index (χ1v) is 25.7. The molecule has 0 aromatic heterocycles. The Kier molecular flexibility index (Phi) is 47.2. The summed E-state index contributed by atoms with van der Waals surface area (Å²) < 4.78 is 5.45. The second-order valence-electron chi connectivity index (χ2n) is 17.5. The van der Waals surface area contributed by atoms with Gasteiger partial charge in [-0.25, -0.2) is 0 Å². The van der Waals surface area contributed by atoms with Gasteiger partial charge in [-0.2, -0.15) is 0 Å². The SMILES string of the molecule is CCC/C=C\C/C=C\CCCCCCCC(=O)OCCCCCCCCCCC/C=C\CCCCCCCCCC(=O)NC(CO)C(O)CCCCCCCCCCC. The number of esters is 1. The molecule has 3 N–H and O–H groups in total. The topological polar surface area (TPSA) is 95.9 Å². The smallest absolute Gasteiger partial charge is 0.305 e. The number of rotatable bonds is 47. The Morgan fingerprint density at radius 2 is 0.881 bits per heavy atom. The molecule has 0 aliphatic rings. The average Bonchev–Trinajstić information content (AvgIpc) is 3.24. The van der Waals surface area contributed by atoms with Gasteiger partial charge in [-0.3, -0.25) is 9.59 Å². The molecule has 0 aliphatic heterocycles. The van der Waals surface area contributed by atoms with Crippen molar-refractivity contribution in [3.05, 3.63) is 36.5 Å². The number of allylic oxidation sites excluding steroid dienone is 6. The molecule has 0 aromatic rings. The van der Waals surface area contributed by atoms with Gasteiger partial charge in [0.05, 0.1) is 25.4 Å². The first-order chi connectivity index (χ1) is 29.0. The van der Waals surface area contributed by atoms with Crippen molar-refractivity contribution in [3.63, 3.8) is 0 Å². The minimum Gasteiger partial charge on any atom is -0.466 e. The van der Waals surface area contributed by atoms with E-state index in [9.17, 15) is 19.8 Å². The lowest BCUT2D eigenvalue weighted by atomic mass is 10.0. The van der Waals surface area contributed by atoms with Crippen LogP contribution in [-0.4, -0.2) is 47.4 Å². The largest absolute Gasteiger partial charge is 0.466 e. The average molecular weight is 830 g/mol. The minimum absolute atomic E-state index is 0.00995. The number of aliphatic hydroxyl groups is 2. The van der Waals surface area contributed by atoms with Crippen LogP contribution in [-0.2, 0) is 14.3 Å². The Morgan fingerprint density at radius 1 is 0.475 bits per heavy atom. The number of carbonyl (C=O) groups excluding carboxylic acids is 2. The lowest BCUT2D eigenvalue weighted by molar-refractivity contribution is -0.143. The van der Waals surface area contributed by atoms with E-state index in [2.05, 4.69) is 55.6 Å². The molecule has 1 amide bonds. The fourth-order valence-electron chi connectivity index (χ4n) is 7.67. The quantitative estimate of drug-likeness (QED) is 0.0323. The summed E-state index contributed by atoms with van der Waals surface area (Å²) in [6, 6.07) is -0.546. The Balaban J connectivity index is 3.42. The third-order valence-electron chi connectivity index (χ3n) is 11.6. The fourth-order valence-corrected chi connectivity index (χ4v) is 7.67. The van der Waals surface area contributed by atoms with Gasteiger partial charge in [0.25, 0.3) is 0 Å². The van der Waals surface area contributed by atoms with Gasteiger partial charge in [0.15, 0.2) is 0 Å². The van der Waals surface area contributed by atoms with E-state index >= 15 is 0 Å². The van der Waals surface area contributed by atoms with Crippen LogP contribution in [0.2, 0.25) is 0 Å². The first kappa shape index (κ1) is 57.1. The summed E-state index contributed by atoms with van der Waals surface area (Å²) >= 11 is 0. The Hall–Kier alpha value is -1.92. The maximum Gasteiger partial charge on any atom is 0.305 e. The van der Waals surface area contributed by atoms with E-state index in [1.54, 1.807) is 0 Å². The van der Waals surface area contributed by atoms with Gasteiger partial charge in [-0.1, -0.05) is 211 Å². The highest BCUT2D eigenvalue weighted by molar-refractivity contribution is 5.76. The highest BCUT2D eigenvalue weighted by Gasteiger charge is 2.20. The summed E-state index contributed by atoms with van der Waals surface area (Å²) in [6.45, 7) is 4.84. The zero-order chi connectivity index (χ0) is 43.0. The number of unbranched alkanes of at least 4 members (excludes halogenated alkanes) is 30. The molecule has 0 bridgehead atoms. The number of aliphatic hydroxyl groups excluding tert-OH is 2. The molecule has 346 valence electrons. The van der Waals surface area contributed by atoms with Crippen molar-refractivity contribution < 1.29 is 24.5 Å². The van der Waals surface area contributed by atoms with Gasteiger partial charge in [0.1, 0.15) is 0 Å². The Morgan fingerprint density at radius 3 is 1.37 bits per heavy atom. The number of carbonyl (C=O) groups is 2. The van der Waals surface area contributed by atoms with Crippen LogP contribution in [0.5, 0.6) is 0 Å². The Bertz CT molecular complexity index is 962. The molecule has 0 aromatic carbocycles. The van der Waals surface area contributed by atoms with E-state index in [4.69, 9.17) is 4.74 Å². The van der Waals surface area contributed by atoms with Crippen molar-refractivity contribution in [1.29, 1.82) is 0 Å². The lowest BCUT2D eigenvalue weighted by Crippen LogP contribution is -2.45. The number of ether oxygens (including phenoxy) is 1. The van der Waals surface area contributed by atoms with Crippen LogP contribution in [0.3, 0.4) is 0 Å². The van der Waals surface area contributed by atoms with Crippen LogP contribution in [0.4, 0.5) is 0 Å². The van der Waals surface area contributed by atoms with E-state index in [1.807, 2.05) is 0 Å². The van der Waals surface area contributed by atoms with Crippen molar-refractivity contribution in [2.24, 2.45) is 0 Å². The summed E-state index contributed by atoms with van der Waals surface area (Å²) in [5.41, 5.74) is 0. The summed E-state index contributed by atoms with van der Waals surface area (Å²) in [4.78, 5) is 24.4. The third-order valence-corrected chi connectivity index (χ3v) is 11.6. The molecule has 0 saturated heterocycles. The molecule has 0 aliphatic carbocycles. The number of hydrogen-bond donors (Lipinski definition) is 3. The molecule has 0 radical (unpaired) electrons. The lowest BCUT2D eigenvalue weighted by Gasteiger charge is -2.22. The van der Waals surface area contributed by atoms with Crippen molar-refractivity contribution in [1.82, 2.24) is 5.32 Å². The maximum absolute atomic E-state index is 12.4. The number of nitrogens with one attached hydrogen (secondary N) is 1. The number of hydrogen-bond acceptors (Lipinski definition) is 5. The summed E-state index contributed by atoms with van der Waals surface area (Å²) in [7, 11) is 0. The maximum atomic E-state index is 12.4. The van der Waals surface area contributed by atoms with Crippen LogP contribution in [0.15, 0.2) is 36.5 Å². The summed E-state index contributed by atoms with van der Waals surface area (Å²) in [5, 5.41) is 23.1. The van der Waals surface area contributed by atoms with Crippen molar-refractivity contribution >= 4 is 11.9 Å². The zero-order valence-corrected chi connectivity index (χ0v) is 39.2. The molecule has 2 atom stereocenters. The van der Waals surface area contributed by atoms with Gasteiger partial charge >= 0.3 is 5.97 Å². The molecule has 2 unspecified atom stereocenters. The zero-order valence-electron chi connectivity index (χ0n) is 39.2. The normalized spacial score (nSPS) is 12.9. The van der Waals surface area contributed by atoms with E-state index in [-0.39, 0.29) is 18.5 Å². The predicted molar refractivity (Wildman–Crippen MR) is 255 cm³/mol. The molecule has 0 heterocycles. The van der Waals surface area contributed by atoms with Gasteiger partial charge in [0.2, 0.25) is 5.91 Å². The molecular formula is C53H99NO5. The van der Waals surface area contributed by atoms with E-state index in [0.29, 0.717) is 25.9 Å². The van der Waals surface area contributed by atoms with Gasteiger partial charge in [-0.05, 0) is 77.0 Å². The van der Waals surface area contributed by atoms with E-state index < -0.39 is 12.1 Å². The fraction of sp³-hybridized carbons (Fsp3) is 0.849. The summed E-state index contributed by atoms with van der Waals surface area (Å²) in [6.07, 6.45) is 58.4. The van der Waals surface area contributed by atoms with Crippen LogP contribution in [0, 0.1) is 0 Å². The van der Waals surface area contributed by atoms with E-state index in [0.717, 1.165) is 51.4 Å². The molecule has 0 spiro atoms. The van der Waals surface area contributed by atoms with Crippen LogP contribution < -0.4 is 5.32 Å². The van der Waals surface area contributed by atoms with Gasteiger partial charge in [0, 0.05) is 12.8 Å². The van der Waals surface area contributed by atoms with Crippen molar-refractivity contribution in [3.8, 4) is 0 Å². The Labute approximate surface area is 366 Å². The highest BCUT2D eigenvalue weighted by atomic mass is 16.5. The molecule has 6 nitrogen and oxygen atoms in total. The van der Waals surface area contributed by atoms with Crippen molar-refractivity contribution in [2.45, 2.75) is 276 Å². The third kappa shape index (κ3) is 45.4. The minimum atomic E-state index is -0.667. The second kappa shape index (κ2) is 48.7. The first-order valence-electron chi connectivity index (χ1n) is 25.7. The molecule has 6 heteroatoms. The molecule has 0 saturated carbocycles.